The molecule has 23 heavy (non-hydrogen) atoms. The van der Waals surface area contributed by atoms with Crippen molar-refractivity contribution in [1.29, 1.82) is 0 Å². The highest BCUT2D eigenvalue weighted by Gasteiger charge is 2.21. The molecule has 1 aromatic heterocycles. The third kappa shape index (κ3) is 3.36. The highest BCUT2D eigenvalue weighted by molar-refractivity contribution is 5.89. The number of hydrogen-bond donors (Lipinski definition) is 1. The van der Waals surface area contributed by atoms with Gasteiger partial charge in [-0.2, -0.15) is 0 Å². The average molecular weight is 311 g/mol. The SMILES string of the molecule is COc1ccc2c(c1)CCC[C@H]2CCc1cnccc1C(=O)O. The zero-order valence-corrected chi connectivity index (χ0v) is 13.3. The Kier molecular flexibility index (Phi) is 4.60. The minimum absolute atomic E-state index is 0.366. The lowest BCUT2D eigenvalue weighted by Crippen LogP contribution is -2.12. The van der Waals surface area contributed by atoms with Gasteiger partial charge in [0.1, 0.15) is 5.75 Å². The van der Waals surface area contributed by atoms with Crippen LogP contribution < -0.4 is 4.74 Å². The number of benzene rings is 1. The van der Waals surface area contributed by atoms with Crippen LogP contribution in [0.4, 0.5) is 0 Å². The van der Waals surface area contributed by atoms with Crippen molar-refractivity contribution in [1.82, 2.24) is 4.98 Å². The average Bonchev–Trinajstić information content (AvgIpc) is 2.59. The summed E-state index contributed by atoms with van der Waals surface area (Å²) >= 11 is 0. The Labute approximate surface area is 136 Å². The van der Waals surface area contributed by atoms with Gasteiger partial charge in [-0.3, -0.25) is 4.98 Å². The van der Waals surface area contributed by atoms with Gasteiger partial charge in [0, 0.05) is 12.4 Å². The number of pyridine rings is 1. The summed E-state index contributed by atoms with van der Waals surface area (Å²) in [5.41, 5.74) is 3.94. The molecule has 3 rings (SSSR count). The van der Waals surface area contributed by atoms with Crippen LogP contribution in [0.1, 0.15) is 52.2 Å². The largest absolute Gasteiger partial charge is 0.497 e. The summed E-state index contributed by atoms with van der Waals surface area (Å²) < 4.78 is 5.31. The molecule has 2 aromatic rings. The molecule has 0 saturated carbocycles. The van der Waals surface area contributed by atoms with Crippen LogP contribution in [-0.4, -0.2) is 23.2 Å². The third-order valence-corrected chi connectivity index (χ3v) is 4.68. The number of nitrogens with zero attached hydrogens (tertiary/aromatic N) is 1. The van der Waals surface area contributed by atoms with Crippen molar-refractivity contribution in [2.75, 3.05) is 7.11 Å². The number of rotatable bonds is 5. The predicted molar refractivity (Wildman–Crippen MR) is 88.2 cm³/mol. The quantitative estimate of drug-likeness (QED) is 0.911. The van der Waals surface area contributed by atoms with Crippen LogP contribution in [0.15, 0.2) is 36.7 Å². The first-order valence-corrected chi connectivity index (χ1v) is 8.02. The maximum Gasteiger partial charge on any atom is 0.336 e. The van der Waals surface area contributed by atoms with Crippen molar-refractivity contribution in [3.8, 4) is 5.75 Å². The molecule has 4 heteroatoms. The Hall–Kier alpha value is -2.36. The van der Waals surface area contributed by atoms with Gasteiger partial charge in [-0.05, 0) is 72.9 Å². The van der Waals surface area contributed by atoms with E-state index in [-0.39, 0.29) is 0 Å². The summed E-state index contributed by atoms with van der Waals surface area (Å²) in [7, 11) is 1.69. The van der Waals surface area contributed by atoms with Gasteiger partial charge in [-0.1, -0.05) is 6.07 Å². The van der Waals surface area contributed by atoms with E-state index in [0.717, 1.165) is 37.0 Å². The summed E-state index contributed by atoms with van der Waals surface area (Å²) in [6.07, 6.45) is 8.33. The lowest BCUT2D eigenvalue weighted by molar-refractivity contribution is 0.0695. The molecule has 0 amide bonds. The summed E-state index contributed by atoms with van der Waals surface area (Å²) in [6.45, 7) is 0. The van der Waals surface area contributed by atoms with E-state index >= 15 is 0 Å². The van der Waals surface area contributed by atoms with E-state index < -0.39 is 5.97 Å². The number of carboxylic acids is 1. The smallest absolute Gasteiger partial charge is 0.336 e. The minimum atomic E-state index is -0.879. The second-order valence-electron chi connectivity index (χ2n) is 6.03. The zero-order valence-electron chi connectivity index (χ0n) is 13.3. The van der Waals surface area contributed by atoms with E-state index in [0.29, 0.717) is 11.5 Å². The van der Waals surface area contributed by atoms with Crippen molar-refractivity contribution in [3.05, 3.63) is 58.9 Å². The Morgan fingerprint density at radius 3 is 3.04 bits per heavy atom. The highest BCUT2D eigenvalue weighted by Crippen LogP contribution is 2.36. The van der Waals surface area contributed by atoms with Crippen LogP contribution >= 0.6 is 0 Å². The van der Waals surface area contributed by atoms with Gasteiger partial charge in [0.05, 0.1) is 12.7 Å². The molecule has 0 unspecified atom stereocenters. The van der Waals surface area contributed by atoms with Crippen molar-refractivity contribution < 1.29 is 14.6 Å². The molecule has 0 spiro atoms. The molecule has 1 N–H and O–H groups in total. The van der Waals surface area contributed by atoms with Gasteiger partial charge < -0.3 is 9.84 Å². The van der Waals surface area contributed by atoms with E-state index in [9.17, 15) is 9.90 Å². The van der Waals surface area contributed by atoms with Crippen LogP contribution in [0.5, 0.6) is 5.75 Å². The Balaban J connectivity index is 1.77. The first-order chi connectivity index (χ1) is 11.2. The zero-order chi connectivity index (χ0) is 16.2. The first kappa shape index (κ1) is 15.5. The van der Waals surface area contributed by atoms with Gasteiger partial charge in [0.2, 0.25) is 0 Å². The molecule has 4 nitrogen and oxygen atoms in total. The molecule has 1 heterocycles. The van der Waals surface area contributed by atoms with Crippen LogP contribution in [0.25, 0.3) is 0 Å². The Bertz CT molecular complexity index is 712. The molecule has 1 atom stereocenters. The second kappa shape index (κ2) is 6.82. The van der Waals surface area contributed by atoms with Crippen molar-refractivity contribution in [3.63, 3.8) is 0 Å². The van der Waals surface area contributed by atoms with Crippen molar-refractivity contribution in [2.24, 2.45) is 0 Å². The highest BCUT2D eigenvalue weighted by atomic mass is 16.5. The monoisotopic (exact) mass is 311 g/mol. The molecule has 1 aromatic carbocycles. The van der Waals surface area contributed by atoms with Crippen LogP contribution in [0, 0.1) is 0 Å². The molecular weight excluding hydrogens is 290 g/mol. The number of ether oxygens (including phenoxy) is 1. The third-order valence-electron chi connectivity index (χ3n) is 4.68. The second-order valence-corrected chi connectivity index (χ2v) is 6.03. The maximum atomic E-state index is 11.3. The number of carbonyl (C=O) groups is 1. The molecule has 0 radical (unpaired) electrons. The Morgan fingerprint density at radius 1 is 1.39 bits per heavy atom. The molecule has 120 valence electrons. The van der Waals surface area contributed by atoms with E-state index in [1.54, 1.807) is 19.4 Å². The summed E-state index contributed by atoms with van der Waals surface area (Å²) in [5.74, 6) is 0.507. The van der Waals surface area contributed by atoms with E-state index in [2.05, 4.69) is 17.1 Å². The van der Waals surface area contributed by atoms with E-state index in [1.165, 1.54) is 23.7 Å². The van der Waals surface area contributed by atoms with E-state index in [4.69, 9.17) is 4.74 Å². The summed E-state index contributed by atoms with van der Waals surface area (Å²) in [6, 6.07) is 7.90. The number of methoxy groups -OCH3 is 1. The molecule has 0 saturated heterocycles. The minimum Gasteiger partial charge on any atom is -0.497 e. The lowest BCUT2D eigenvalue weighted by atomic mass is 9.79. The topological polar surface area (TPSA) is 59.4 Å². The number of aromatic nitrogens is 1. The maximum absolute atomic E-state index is 11.3. The normalized spacial score (nSPS) is 16.7. The van der Waals surface area contributed by atoms with E-state index in [1.807, 2.05) is 6.07 Å². The number of carboxylic acid groups (broad SMARTS) is 1. The van der Waals surface area contributed by atoms with Crippen molar-refractivity contribution >= 4 is 5.97 Å². The lowest BCUT2D eigenvalue weighted by Gasteiger charge is -2.26. The number of hydrogen-bond acceptors (Lipinski definition) is 3. The number of aryl methyl sites for hydroxylation is 2. The number of aromatic carboxylic acids is 1. The fourth-order valence-corrected chi connectivity index (χ4v) is 3.48. The fourth-order valence-electron chi connectivity index (χ4n) is 3.48. The van der Waals surface area contributed by atoms with Gasteiger partial charge in [-0.15, -0.1) is 0 Å². The van der Waals surface area contributed by atoms with Gasteiger partial charge in [0.15, 0.2) is 0 Å². The molecule has 1 aliphatic rings. The van der Waals surface area contributed by atoms with Gasteiger partial charge in [0.25, 0.3) is 0 Å². The fraction of sp³-hybridized carbons (Fsp3) is 0.368. The predicted octanol–water partition coefficient (Wildman–Crippen LogP) is 3.84. The molecular formula is C19H21NO3. The molecule has 0 fully saturated rings. The first-order valence-electron chi connectivity index (χ1n) is 8.02. The van der Waals surface area contributed by atoms with Crippen LogP contribution in [0.3, 0.4) is 0 Å². The molecule has 0 bridgehead atoms. The van der Waals surface area contributed by atoms with Crippen LogP contribution in [0.2, 0.25) is 0 Å². The standard InChI is InChI=1S/C19H21NO3/c1-23-16-7-8-17-13(3-2-4-14(17)11-16)5-6-15-12-20-10-9-18(15)19(21)22/h7-13H,2-6H2,1H3,(H,21,22)/t13-/m0/s1. The Morgan fingerprint density at radius 2 is 2.26 bits per heavy atom. The van der Waals surface area contributed by atoms with Crippen molar-refractivity contribution in [2.45, 2.75) is 38.0 Å². The summed E-state index contributed by atoms with van der Waals surface area (Å²) in [5, 5.41) is 9.28. The summed E-state index contributed by atoms with van der Waals surface area (Å²) in [4.78, 5) is 15.4. The van der Waals surface area contributed by atoms with Gasteiger partial charge in [-0.25, -0.2) is 4.79 Å². The van der Waals surface area contributed by atoms with Crippen LogP contribution in [-0.2, 0) is 12.8 Å². The molecule has 1 aliphatic carbocycles. The molecule has 0 aliphatic heterocycles. The number of fused-ring (bicyclic) bond motifs is 1. The van der Waals surface area contributed by atoms with Gasteiger partial charge >= 0.3 is 5.97 Å².